The van der Waals surface area contributed by atoms with E-state index in [2.05, 4.69) is 9.80 Å². The summed E-state index contributed by atoms with van der Waals surface area (Å²) in [7, 11) is 0. The summed E-state index contributed by atoms with van der Waals surface area (Å²) in [5.41, 5.74) is 2.02. The first-order valence-corrected chi connectivity index (χ1v) is 8.19. The van der Waals surface area contributed by atoms with Gasteiger partial charge in [0.25, 0.3) is 0 Å². The molecule has 122 valence electrons. The van der Waals surface area contributed by atoms with Gasteiger partial charge in [-0.3, -0.25) is 4.90 Å². The van der Waals surface area contributed by atoms with Gasteiger partial charge in [0, 0.05) is 43.4 Å². The molecule has 1 saturated heterocycles. The molecule has 0 radical (unpaired) electrons. The van der Waals surface area contributed by atoms with Crippen LogP contribution in [0.2, 0.25) is 5.02 Å². The maximum Gasteiger partial charge on any atom is 0.115 e. The molecule has 23 heavy (non-hydrogen) atoms. The Morgan fingerprint density at radius 3 is 2.13 bits per heavy atom. The topological polar surface area (TPSA) is 46.9 Å². The van der Waals surface area contributed by atoms with Crippen molar-refractivity contribution in [2.45, 2.75) is 6.10 Å². The number of aromatic hydroxyl groups is 1. The van der Waals surface area contributed by atoms with E-state index in [1.807, 2.05) is 36.4 Å². The highest BCUT2D eigenvalue weighted by atomic mass is 35.5. The first kappa shape index (κ1) is 16.1. The van der Waals surface area contributed by atoms with Crippen LogP contribution in [0.15, 0.2) is 48.5 Å². The van der Waals surface area contributed by atoms with Crippen molar-refractivity contribution in [3.05, 3.63) is 59.1 Å². The van der Waals surface area contributed by atoms with Gasteiger partial charge in [0.05, 0.1) is 6.10 Å². The molecule has 0 aromatic heterocycles. The highest BCUT2D eigenvalue weighted by Gasteiger charge is 2.20. The molecule has 5 heteroatoms. The summed E-state index contributed by atoms with van der Waals surface area (Å²) in [4.78, 5) is 4.57. The highest BCUT2D eigenvalue weighted by Crippen LogP contribution is 2.21. The van der Waals surface area contributed by atoms with Crippen molar-refractivity contribution in [2.24, 2.45) is 0 Å². The SMILES string of the molecule is Oc1ccc(N2CCN(CC(O)c3ccc(Cl)cc3)CC2)cc1. The van der Waals surface area contributed by atoms with Crippen molar-refractivity contribution in [3.8, 4) is 5.75 Å². The lowest BCUT2D eigenvalue weighted by Crippen LogP contribution is -2.47. The molecule has 1 aliphatic rings. The van der Waals surface area contributed by atoms with Gasteiger partial charge in [-0.1, -0.05) is 23.7 Å². The summed E-state index contributed by atoms with van der Waals surface area (Å²) >= 11 is 5.88. The van der Waals surface area contributed by atoms with Crippen LogP contribution in [0.4, 0.5) is 5.69 Å². The van der Waals surface area contributed by atoms with Crippen LogP contribution in [0, 0.1) is 0 Å². The maximum atomic E-state index is 10.4. The lowest BCUT2D eigenvalue weighted by molar-refractivity contribution is 0.109. The zero-order chi connectivity index (χ0) is 16.2. The number of phenols is 1. The van der Waals surface area contributed by atoms with Gasteiger partial charge in [-0.15, -0.1) is 0 Å². The van der Waals surface area contributed by atoms with Crippen LogP contribution in [0.3, 0.4) is 0 Å². The van der Waals surface area contributed by atoms with Gasteiger partial charge in [-0.25, -0.2) is 0 Å². The molecule has 1 atom stereocenters. The second-order valence-electron chi connectivity index (χ2n) is 5.87. The maximum absolute atomic E-state index is 10.4. The fourth-order valence-corrected chi connectivity index (χ4v) is 3.01. The van der Waals surface area contributed by atoms with Crippen molar-refractivity contribution in [2.75, 3.05) is 37.6 Å². The van der Waals surface area contributed by atoms with Crippen LogP contribution in [-0.4, -0.2) is 47.8 Å². The van der Waals surface area contributed by atoms with E-state index in [0.717, 1.165) is 37.4 Å². The Bertz CT molecular complexity index is 622. The van der Waals surface area contributed by atoms with Gasteiger partial charge < -0.3 is 15.1 Å². The first-order valence-electron chi connectivity index (χ1n) is 7.82. The Kier molecular flexibility index (Phi) is 5.06. The Balaban J connectivity index is 1.52. The summed E-state index contributed by atoms with van der Waals surface area (Å²) in [5, 5.41) is 20.4. The van der Waals surface area contributed by atoms with Gasteiger partial charge in [-0.2, -0.15) is 0 Å². The van der Waals surface area contributed by atoms with Crippen molar-refractivity contribution >= 4 is 17.3 Å². The van der Waals surface area contributed by atoms with E-state index in [1.165, 1.54) is 0 Å². The third-order valence-electron chi connectivity index (χ3n) is 4.27. The van der Waals surface area contributed by atoms with Gasteiger partial charge >= 0.3 is 0 Å². The van der Waals surface area contributed by atoms with E-state index in [4.69, 9.17) is 11.6 Å². The highest BCUT2D eigenvalue weighted by molar-refractivity contribution is 6.30. The van der Waals surface area contributed by atoms with Crippen LogP contribution in [0.25, 0.3) is 0 Å². The number of halogens is 1. The van der Waals surface area contributed by atoms with Crippen molar-refractivity contribution < 1.29 is 10.2 Å². The van der Waals surface area contributed by atoms with E-state index in [9.17, 15) is 10.2 Å². The number of phenolic OH excluding ortho intramolecular Hbond substituents is 1. The average Bonchev–Trinajstić information content (AvgIpc) is 2.57. The van der Waals surface area contributed by atoms with E-state index >= 15 is 0 Å². The third kappa shape index (κ3) is 4.16. The lowest BCUT2D eigenvalue weighted by atomic mass is 10.1. The standard InChI is InChI=1S/C18H21ClN2O2/c19-15-3-1-14(2-4-15)18(23)13-20-9-11-21(12-10-20)16-5-7-17(22)8-6-16/h1-8,18,22-23H,9-13H2. The minimum Gasteiger partial charge on any atom is -0.508 e. The smallest absolute Gasteiger partial charge is 0.115 e. The molecule has 4 nitrogen and oxygen atoms in total. The van der Waals surface area contributed by atoms with Crippen LogP contribution >= 0.6 is 11.6 Å². The normalized spacial score (nSPS) is 17.2. The Morgan fingerprint density at radius 2 is 1.52 bits per heavy atom. The molecule has 1 heterocycles. The second kappa shape index (κ2) is 7.21. The number of hydrogen-bond acceptors (Lipinski definition) is 4. The molecule has 0 aliphatic carbocycles. The van der Waals surface area contributed by atoms with E-state index < -0.39 is 6.10 Å². The fourth-order valence-electron chi connectivity index (χ4n) is 2.89. The number of aliphatic hydroxyl groups excluding tert-OH is 1. The van der Waals surface area contributed by atoms with Crippen molar-refractivity contribution in [1.29, 1.82) is 0 Å². The number of piperazine rings is 1. The Morgan fingerprint density at radius 1 is 0.913 bits per heavy atom. The molecule has 3 rings (SSSR count). The van der Waals surface area contributed by atoms with Crippen molar-refractivity contribution in [3.63, 3.8) is 0 Å². The van der Waals surface area contributed by atoms with Crippen molar-refractivity contribution in [1.82, 2.24) is 4.90 Å². The molecular weight excluding hydrogens is 312 g/mol. The number of anilines is 1. The molecule has 0 saturated carbocycles. The summed E-state index contributed by atoms with van der Waals surface area (Å²) < 4.78 is 0. The molecule has 2 N–H and O–H groups in total. The number of rotatable bonds is 4. The number of β-amino-alcohol motifs (C(OH)–C–C–N with tert-alkyl or cyclic N) is 1. The zero-order valence-corrected chi connectivity index (χ0v) is 13.7. The molecular formula is C18H21ClN2O2. The summed E-state index contributed by atoms with van der Waals surface area (Å²) in [5.74, 6) is 0.290. The monoisotopic (exact) mass is 332 g/mol. The van der Waals surface area contributed by atoms with Gasteiger partial charge in [-0.05, 0) is 42.0 Å². The summed E-state index contributed by atoms with van der Waals surface area (Å²) in [6.45, 7) is 4.28. The molecule has 1 fully saturated rings. The lowest BCUT2D eigenvalue weighted by Gasteiger charge is -2.37. The minimum absolute atomic E-state index is 0.290. The zero-order valence-electron chi connectivity index (χ0n) is 12.9. The van der Waals surface area contributed by atoms with E-state index in [-0.39, 0.29) is 0 Å². The first-order chi connectivity index (χ1) is 11.1. The number of benzene rings is 2. The number of aliphatic hydroxyl groups is 1. The third-order valence-corrected chi connectivity index (χ3v) is 4.53. The predicted octanol–water partition coefficient (Wildman–Crippen LogP) is 2.90. The molecule has 0 spiro atoms. The minimum atomic E-state index is -0.493. The number of nitrogens with zero attached hydrogens (tertiary/aromatic N) is 2. The number of hydrogen-bond donors (Lipinski definition) is 2. The van der Waals surface area contributed by atoms with Crippen LogP contribution in [0.5, 0.6) is 5.75 Å². The van der Waals surface area contributed by atoms with Crippen LogP contribution < -0.4 is 4.90 Å². The molecule has 2 aromatic rings. The van der Waals surface area contributed by atoms with Crippen LogP contribution in [0.1, 0.15) is 11.7 Å². The van der Waals surface area contributed by atoms with Crippen LogP contribution in [-0.2, 0) is 0 Å². The second-order valence-corrected chi connectivity index (χ2v) is 6.31. The van der Waals surface area contributed by atoms with Gasteiger partial charge in [0.1, 0.15) is 5.75 Å². The fraction of sp³-hybridized carbons (Fsp3) is 0.333. The van der Waals surface area contributed by atoms with E-state index in [0.29, 0.717) is 17.3 Å². The molecule has 2 aromatic carbocycles. The summed E-state index contributed by atoms with van der Waals surface area (Å²) in [6, 6.07) is 14.7. The largest absolute Gasteiger partial charge is 0.508 e. The molecule has 0 bridgehead atoms. The van der Waals surface area contributed by atoms with E-state index in [1.54, 1.807) is 12.1 Å². The predicted molar refractivity (Wildman–Crippen MR) is 93.2 cm³/mol. The van der Waals surface area contributed by atoms with Gasteiger partial charge in [0.2, 0.25) is 0 Å². The quantitative estimate of drug-likeness (QED) is 0.903. The summed E-state index contributed by atoms with van der Waals surface area (Å²) in [6.07, 6.45) is -0.493. The molecule has 1 unspecified atom stereocenters. The van der Waals surface area contributed by atoms with Gasteiger partial charge in [0.15, 0.2) is 0 Å². The molecule has 0 amide bonds. The molecule has 1 aliphatic heterocycles. The average molecular weight is 333 g/mol. The Labute approximate surface area is 141 Å². The Hall–Kier alpha value is -1.75.